The molecule has 6 nitrogen and oxygen atoms in total. The molecule has 0 spiro atoms. The Morgan fingerprint density at radius 1 is 0.256 bits per heavy atom. The van der Waals surface area contributed by atoms with Gasteiger partial charge in [0.15, 0.2) is 6.10 Å². The summed E-state index contributed by atoms with van der Waals surface area (Å²) in [5, 5.41) is 0. The van der Waals surface area contributed by atoms with Gasteiger partial charge in [-0.1, -0.05) is 328 Å². The van der Waals surface area contributed by atoms with Crippen LogP contribution in [0.3, 0.4) is 0 Å². The number of carbonyl (C=O) groups excluding carboxylic acids is 3. The van der Waals surface area contributed by atoms with Gasteiger partial charge in [0.1, 0.15) is 13.2 Å². The molecule has 0 aliphatic carbocycles. The molecule has 0 aromatic carbocycles. The first-order chi connectivity index (χ1) is 40.5. The van der Waals surface area contributed by atoms with Crippen molar-refractivity contribution in [3.05, 3.63) is 122 Å². The van der Waals surface area contributed by atoms with Crippen molar-refractivity contribution in [2.45, 2.75) is 329 Å². The second kappa shape index (κ2) is 69.3. The molecular formula is C76H128O6. The summed E-state index contributed by atoms with van der Waals surface area (Å²) in [4.78, 5) is 38.1. The van der Waals surface area contributed by atoms with E-state index in [1.54, 1.807) is 0 Å². The molecule has 6 heteroatoms. The van der Waals surface area contributed by atoms with E-state index >= 15 is 0 Å². The summed E-state index contributed by atoms with van der Waals surface area (Å²) in [6.07, 6.45) is 96.8. The van der Waals surface area contributed by atoms with E-state index in [1.165, 1.54) is 148 Å². The van der Waals surface area contributed by atoms with Crippen LogP contribution in [0.5, 0.6) is 0 Å². The van der Waals surface area contributed by atoms with Gasteiger partial charge in [-0.15, -0.1) is 0 Å². The summed E-state index contributed by atoms with van der Waals surface area (Å²) >= 11 is 0. The molecule has 1 unspecified atom stereocenters. The molecule has 0 heterocycles. The first-order valence-electron chi connectivity index (χ1n) is 34.5. The van der Waals surface area contributed by atoms with Gasteiger partial charge in [-0.25, -0.2) is 0 Å². The minimum Gasteiger partial charge on any atom is -0.462 e. The molecule has 0 amide bonds. The molecule has 0 radical (unpaired) electrons. The third-order valence-electron chi connectivity index (χ3n) is 14.7. The number of allylic oxidation sites excluding steroid dienone is 20. The zero-order valence-electron chi connectivity index (χ0n) is 53.7. The van der Waals surface area contributed by atoms with Crippen LogP contribution < -0.4 is 0 Å². The maximum absolute atomic E-state index is 12.9. The van der Waals surface area contributed by atoms with Crippen molar-refractivity contribution in [2.75, 3.05) is 13.2 Å². The quantitative estimate of drug-likeness (QED) is 0.0261. The lowest BCUT2D eigenvalue weighted by Crippen LogP contribution is -2.30. The van der Waals surface area contributed by atoms with Crippen molar-refractivity contribution in [1.29, 1.82) is 0 Å². The summed E-state index contributed by atoms with van der Waals surface area (Å²) in [5.41, 5.74) is 0. The highest BCUT2D eigenvalue weighted by Crippen LogP contribution is 2.17. The zero-order valence-corrected chi connectivity index (χ0v) is 53.7. The fourth-order valence-corrected chi connectivity index (χ4v) is 9.59. The van der Waals surface area contributed by atoms with E-state index < -0.39 is 6.10 Å². The highest BCUT2D eigenvalue weighted by atomic mass is 16.6. The molecule has 0 aliphatic heterocycles. The molecule has 0 aromatic rings. The molecule has 1 atom stereocenters. The van der Waals surface area contributed by atoms with E-state index in [0.29, 0.717) is 19.3 Å². The Balaban J connectivity index is 4.17. The van der Waals surface area contributed by atoms with Gasteiger partial charge in [-0.05, 0) is 96.3 Å². The van der Waals surface area contributed by atoms with E-state index in [1.807, 2.05) is 0 Å². The van der Waals surface area contributed by atoms with Crippen molar-refractivity contribution >= 4 is 17.9 Å². The Labute approximate surface area is 507 Å². The molecule has 0 fully saturated rings. The Bertz CT molecular complexity index is 1690. The predicted octanol–water partition coefficient (Wildman–Crippen LogP) is 23.9. The Kier molecular flexibility index (Phi) is 65.8. The smallest absolute Gasteiger partial charge is 0.306 e. The first-order valence-corrected chi connectivity index (χ1v) is 34.5. The standard InChI is InChI=1S/C76H128O6/c1-4-7-10-13-16-18-20-22-24-26-28-30-32-33-34-35-36-37-38-39-40-41-42-43-44-46-47-49-51-53-55-57-60-63-66-69-75(78)81-72-73(71-80-74(77)68-65-62-59-15-12-9-6-3)82-76(79)70-67-64-61-58-56-54-52-50-48-45-31-29-27-25-23-21-19-17-14-11-8-5-2/h7,10,16,18,22,24,28,30,33-34,36-37,39-40,42-43,46-47,51,53,73H,4-6,8-9,11-15,17,19-21,23,25-27,29,31-32,35,38,41,44-45,48-50,52,54-72H2,1-3H3/b10-7-,18-16-,24-22-,30-28-,34-33-,37-36-,40-39-,43-42-,47-46-,53-51-. The van der Waals surface area contributed by atoms with E-state index in [0.717, 1.165) is 135 Å². The second-order valence-electron chi connectivity index (χ2n) is 22.7. The Hall–Kier alpha value is -4.19. The van der Waals surface area contributed by atoms with Gasteiger partial charge in [0.2, 0.25) is 0 Å². The maximum atomic E-state index is 12.9. The van der Waals surface area contributed by atoms with Gasteiger partial charge in [0.25, 0.3) is 0 Å². The largest absolute Gasteiger partial charge is 0.462 e. The van der Waals surface area contributed by atoms with Crippen molar-refractivity contribution < 1.29 is 28.6 Å². The van der Waals surface area contributed by atoms with E-state index in [4.69, 9.17) is 14.2 Å². The van der Waals surface area contributed by atoms with Crippen LogP contribution in [0.15, 0.2) is 122 Å². The first kappa shape index (κ1) is 77.8. The average Bonchev–Trinajstić information content (AvgIpc) is 3.48. The highest BCUT2D eigenvalue weighted by Gasteiger charge is 2.19. The fraction of sp³-hybridized carbons (Fsp3) is 0.697. The number of rotatable bonds is 62. The minimum atomic E-state index is -0.787. The normalized spacial score (nSPS) is 12.9. The van der Waals surface area contributed by atoms with Crippen LogP contribution >= 0.6 is 0 Å². The van der Waals surface area contributed by atoms with E-state index in [-0.39, 0.29) is 31.1 Å². The minimum absolute atomic E-state index is 0.0841. The SMILES string of the molecule is CC/C=C\C/C=C\C/C=C\C/C=C\C/C=C\C/C=C\C/C=C\C/C=C\C/C=C\C/C=C\CCCCCCC(=O)OCC(COC(=O)CCCCCCCCC)OC(=O)CCCCCCCCCCCCCCCCCCCCCCCC. The van der Waals surface area contributed by atoms with Crippen molar-refractivity contribution in [2.24, 2.45) is 0 Å². The molecular weight excluding hydrogens is 1010 g/mol. The van der Waals surface area contributed by atoms with Gasteiger partial charge in [-0.3, -0.25) is 14.4 Å². The third-order valence-corrected chi connectivity index (χ3v) is 14.7. The van der Waals surface area contributed by atoms with Crippen LogP contribution in [0.2, 0.25) is 0 Å². The summed E-state index contributed by atoms with van der Waals surface area (Å²) in [7, 11) is 0. The number of unbranched alkanes of at least 4 members (excludes halogenated alkanes) is 31. The summed E-state index contributed by atoms with van der Waals surface area (Å²) < 4.78 is 16.8. The molecule has 0 N–H and O–H groups in total. The summed E-state index contributed by atoms with van der Waals surface area (Å²) in [6.45, 7) is 6.49. The number of hydrogen-bond donors (Lipinski definition) is 0. The van der Waals surface area contributed by atoms with Gasteiger partial charge < -0.3 is 14.2 Å². The zero-order chi connectivity index (χ0) is 59.2. The van der Waals surface area contributed by atoms with Crippen molar-refractivity contribution in [3.8, 4) is 0 Å². The van der Waals surface area contributed by atoms with Crippen LogP contribution in [0.1, 0.15) is 323 Å². The topological polar surface area (TPSA) is 78.9 Å². The Morgan fingerprint density at radius 3 is 0.744 bits per heavy atom. The molecule has 0 bridgehead atoms. The second-order valence-corrected chi connectivity index (χ2v) is 22.7. The molecule has 0 saturated heterocycles. The summed E-state index contributed by atoms with van der Waals surface area (Å²) in [5.74, 6) is -0.907. The number of ether oxygens (including phenoxy) is 3. The van der Waals surface area contributed by atoms with Crippen LogP contribution in [0.25, 0.3) is 0 Å². The lowest BCUT2D eigenvalue weighted by molar-refractivity contribution is -0.167. The van der Waals surface area contributed by atoms with Gasteiger partial charge in [0, 0.05) is 19.3 Å². The van der Waals surface area contributed by atoms with E-state index in [2.05, 4.69) is 142 Å². The van der Waals surface area contributed by atoms with Crippen LogP contribution in [0, 0.1) is 0 Å². The number of esters is 3. The molecule has 0 rings (SSSR count). The van der Waals surface area contributed by atoms with E-state index in [9.17, 15) is 14.4 Å². The van der Waals surface area contributed by atoms with Crippen molar-refractivity contribution in [3.63, 3.8) is 0 Å². The fourth-order valence-electron chi connectivity index (χ4n) is 9.59. The Morgan fingerprint density at radius 2 is 0.476 bits per heavy atom. The maximum Gasteiger partial charge on any atom is 0.306 e. The molecule has 0 aromatic heterocycles. The van der Waals surface area contributed by atoms with Gasteiger partial charge >= 0.3 is 17.9 Å². The molecule has 82 heavy (non-hydrogen) atoms. The summed E-state index contributed by atoms with van der Waals surface area (Å²) in [6, 6.07) is 0. The van der Waals surface area contributed by atoms with Crippen molar-refractivity contribution in [1.82, 2.24) is 0 Å². The van der Waals surface area contributed by atoms with Crippen LogP contribution in [-0.4, -0.2) is 37.2 Å². The molecule has 468 valence electrons. The molecule has 0 saturated carbocycles. The lowest BCUT2D eigenvalue weighted by Gasteiger charge is -2.18. The van der Waals surface area contributed by atoms with Gasteiger partial charge in [0.05, 0.1) is 0 Å². The van der Waals surface area contributed by atoms with Gasteiger partial charge in [-0.2, -0.15) is 0 Å². The monoisotopic (exact) mass is 1140 g/mol. The lowest BCUT2D eigenvalue weighted by atomic mass is 10.0. The number of carbonyl (C=O) groups is 3. The predicted molar refractivity (Wildman–Crippen MR) is 357 cm³/mol. The molecule has 0 aliphatic rings. The third kappa shape index (κ3) is 66.6. The number of hydrogen-bond acceptors (Lipinski definition) is 6. The van der Waals surface area contributed by atoms with Crippen LogP contribution in [0.4, 0.5) is 0 Å². The highest BCUT2D eigenvalue weighted by molar-refractivity contribution is 5.71. The van der Waals surface area contributed by atoms with Crippen LogP contribution in [-0.2, 0) is 28.6 Å². The average molecular weight is 1140 g/mol.